The highest BCUT2D eigenvalue weighted by Gasteiger charge is 2.36. The average molecular weight is 152 g/mol. The lowest BCUT2D eigenvalue weighted by molar-refractivity contribution is -0.0132. The largest absolute Gasteiger partial charge is 0.491 e. The molecule has 1 aliphatic rings. The number of ether oxygens (including phenoxy) is 1. The van der Waals surface area contributed by atoms with Crippen molar-refractivity contribution in [3.8, 4) is 0 Å². The summed E-state index contributed by atoms with van der Waals surface area (Å²) in [5.41, 5.74) is -0.00396. The number of allylic oxidation sites excluding steroid dienone is 2. The van der Waals surface area contributed by atoms with Crippen molar-refractivity contribution in [1.82, 2.24) is 0 Å². The molecule has 1 atom stereocenters. The third kappa shape index (κ3) is 1.47. The summed E-state index contributed by atoms with van der Waals surface area (Å²) in [6.07, 6.45) is 7.81. The lowest BCUT2D eigenvalue weighted by Crippen LogP contribution is -2.40. The summed E-state index contributed by atoms with van der Waals surface area (Å²) >= 11 is 0. The molecule has 62 valence electrons. The van der Waals surface area contributed by atoms with Gasteiger partial charge in [-0.15, -0.1) is 0 Å². The minimum Gasteiger partial charge on any atom is -0.491 e. The van der Waals surface area contributed by atoms with E-state index in [2.05, 4.69) is 33.8 Å². The minimum atomic E-state index is -0.151. The van der Waals surface area contributed by atoms with Gasteiger partial charge < -0.3 is 4.74 Å². The Morgan fingerprint density at radius 3 is 2.09 bits per heavy atom. The van der Waals surface area contributed by atoms with Crippen LogP contribution in [0.5, 0.6) is 0 Å². The molecule has 1 aliphatic heterocycles. The number of hydrogen-bond donors (Lipinski definition) is 0. The topological polar surface area (TPSA) is 9.23 Å². The first-order chi connectivity index (χ1) is 4.96. The fourth-order valence-corrected chi connectivity index (χ4v) is 0.931. The van der Waals surface area contributed by atoms with Crippen molar-refractivity contribution in [2.24, 2.45) is 5.41 Å². The first-order valence-corrected chi connectivity index (χ1v) is 3.98. The molecule has 0 aromatic rings. The van der Waals surface area contributed by atoms with E-state index in [0.29, 0.717) is 0 Å². The van der Waals surface area contributed by atoms with Crippen molar-refractivity contribution in [2.75, 3.05) is 0 Å². The van der Waals surface area contributed by atoms with Gasteiger partial charge in [0.1, 0.15) is 5.60 Å². The summed E-state index contributed by atoms with van der Waals surface area (Å²) < 4.78 is 5.56. The zero-order valence-corrected chi connectivity index (χ0v) is 7.72. The average Bonchev–Trinajstić information content (AvgIpc) is 1.87. The molecule has 0 aromatic heterocycles. The van der Waals surface area contributed by atoms with E-state index < -0.39 is 0 Å². The second-order valence-corrected chi connectivity index (χ2v) is 4.16. The molecule has 1 unspecified atom stereocenters. The monoisotopic (exact) mass is 152 g/mol. The van der Waals surface area contributed by atoms with Crippen LogP contribution in [0.2, 0.25) is 0 Å². The van der Waals surface area contributed by atoms with Crippen LogP contribution in [0.3, 0.4) is 0 Å². The summed E-state index contributed by atoms with van der Waals surface area (Å²) in [6.45, 7) is 8.64. The summed E-state index contributed by atoms with van der Waals surface area (Å²) in [6, 6.07) is 0. The van der Waals surface area contributed by atoms with Crippen LogP contribution in [0.15, 0.2) is 24.5 Å². The quantitative estimate of drug-likeness (QED) is 0.518. The minimum absolute atomic E-state index is 0.147. The third-order valence-electron chi connectivity index (χ3n) is 2.41. The molecule has 0 saturated heterocycles. The second-order valence-electron chi connectivity index (χ2n) is 4.16. The van der Waals surface area contributed by atoms with E-state index in [1.807, 2.05) is 12.2 Å². The van der Waals surface area contributed by atoms with Crippen molar-refractivity contribution in [1.29, 1.82) is 0 Å². The Labute approximate surface area is 68.8 Å². The Morgan fingerprint density at radius 1 is 1.18 bits per heavy atom. The molecule has 1 rings (SSSR count). The molecule has 0 radical (unpaired) electrons. The molecule has 0 spiro atoms. The van der Waals surface area contributed by atoms with Crippen LogP contribution in [0, 0.1) is 5.41 Å². The van der Waals surface area contributed by atoms with Gasteiger partial charge in [0, 0.05) is 5.41 Å². The first kappa shape index (κ1) is 8.38. The van der Waals surface area contributed by atoms with Gasteiger partial charge in [-0.25, -0.2) is 0 Å². The predicted octanol–water partition coefficient (Wildman–Crippen LogP) is 2.89. The highest BCUT2D eigenvalue weighted by molar-refractivity contribution is 5.16. The van der Waals surface area contributed by atoms with Gasteiger partial charge >= 0.3 is 0 Å². The molecule has 0 saturated carbocycles. The molecule has 0 aromatic carbocycles. The van der Waals surface area contributed by atoms with E-state index in [9.17, 15) is 0 Å². The van der Waals surface area contributed by atoms with Crippen molar-refractivity contribution in [2.45, 2.75) is 33.3 Å². The van der Waals surface area contributed by atoms with Crippen molar-refractivity contribution >= 4 is 0 Å². The van der Waals surface area contributed by atoms with E-state index >= 15 is 0 Å². The smallest absolute Gasteiger partial charge is 0.128 e. The van der Waals surface area contributed by atoms with Crippen LogP contribution in [0.1, 0.15) is 27.7 Å². The molecular weight excluding hydrogens is 136 g/mol. The SMILES string of the molecule is CC(C)(C)C1(C)C=CC=CO1. The zero-order chi connectivity index (χ0) is 8.54. The molecule has 0 fully saturated rings. The molecule has 0 aliphatic carbocycles. The van der Waals surface area contributed by atoms with Gasteiger partial charge in [0.25, 0.3) is 0 Å². The third-order valence-corrected chi connectivity index (χ3v) is 2.41. The molecule has 1 nitrogen and oxygen atoms in total. The van der Waals surface area contributed by atoms with E-state index in [4.69, 9.17) is 4.74 Å². The van der Waals surface area contributed by atoms with E-state index in [-0.39, 0.29) is 11.0 Å². The van der Waals surface area contributed by atoms with E-state index in [0.717, 1.165) is 0 Å². The highest BCUT2D eigenvalue weighted by atomic mass is 16.5. The molecule has 0 N–H and O–H groups in total. The van der Waals surface area contributed by atoms with Gasteiger partial charge in [-0.3, -0.25) is 0 Å². The van der Waals surface area contributed by atoms with Crippen molar-refractivity contribution in [3.05, 3.63) is 24.5 Å². The molecule has 0 bridgehead atoms. The van der Waals surface area contributed by atoms with Crippen LogP contribution in [0.4, 0.5) is 0 Å². The summed E-state index contributed by atoms with van der Waals surface area (Å²) in [5, 5.41) is 0. The Kier molecular flexibility index (Phi) is 1.83. The van der Waals surface area contributed by atoms with Crippen molar-refractivity contribution < 1.29 is 4.74 Å². The highest BCUT2D eigenvalue weighted by Crippen LogP contribution is 2.36. The van der Waals surface area contributed by atoms with Crippen LogP contribution < -0.4 is 0 Å². The molecule has 1 heteroatoms. The van der Waals surface area contributed by atoms with Crippen LogP contribution in [-0.2, 0) is 4.74 Å². The second kappa shape index (κ2) is 2.40. The van der Waals surface area contributed by atoms with Gasteiger partial charge in [0.05, 0.1) is 6.26 Å². The van der Waals surface area contributed by atoms with Gasteiger partial charge in [-0.05, 0) is 19.1 Å². The standard InChI is InChI=1S/C10H16O/c1-9(2,3)10(4)7-5-6-8-11-10/h5-8H,1-4H3. The van der Waals surface area contributed by atoms with Crippen LogP contribution >= 0.6 is 0 Å². The van der Waals surface area contributed by atoms with Gasteiger partial charge in [0.2, 0.25) is 0 Å². The maximum atomic E-state index is 5.56. The van der Waals surface area contributed by atoms with E-state index in [1.54, 1.807) is 6.26 Å². The van der Waals surface area contributed by atoms with E-state index in [1.165, 1.54) is 0 Å². The fraction of sp³-hybridized carbons (Fsp3) is 0.600. The lowest BCUT2D eigenvalue weighted by atomic mass is 9.77. The van der Waals surface area contributed by atoms with Gasteiger partial charge in [-0.2, -0.15) is 0 Å². The zero-order valence-electron chi connectivity index (χ0n) is 7.72. The van der Waals surface area contributed by atoms with Crippen LogP contribution in [-0.4, -0.2) is 5.60 Å². The predicted molar refractivity (Wildman–Crippen MR) is 47.2 cm³/mol. The Balaban J connectivity index is 2.84. The van der Waals surface area contributed by atoms with Gasteiger partial charge in [-0.1, -0.05) is 26.8 Å². The molecule has 1 heterocycles. The molecule has 11 heavy (non-hydrogen) atoms. The molecular formula is C10H16O. The lowest BCUT2D eigenvalue weighted by Gasteiger charge is -2.39. The Bertz CT molecular complexity index is 195. The number of hydrogen-bond acceptors (Lipinski definition) is 1. The fourth-order valence-electron chi connectivity index (χ4n) is 0.931. The van der Waals surface area contributed by atoms with Crippen LogP contribution in [0.25, 0.3) is 0 Å². The normalized spacial score (nSPS) is 30.2. The Hall–Kier alpha value is -0.720. The van der Waals surface area contributed by atoms with Gasteiger partial charge in [0.15, 0.2) is 0 Å². The molecule has 0 amide bonds. The van der Waals surface area contributed by atoms with Crippen molar-refractivity contribution in [3.63, 3.8) is 0 Å². The summed E-state index contributed by atoms with van der Waals surface area (Å²) in [5.74, 6) is 0. The maximum Gasteiger partial charge on any atom is 0.128 e. The summed E-state index contributed by atoms with van der Waals surface area (Å²) in [4.78, 5) is 0. The maximum absolute atomic E-state index is 5.56. The first-order valence-electron chi connectivity index (χ1n) is 3.98. The summed E-state index contributed by atoms with van der Waals surface area (Å²) in [7, 11) is 0. The Morgan fingerprint density at radius 2 is 1.82 bits per heavy atom. The number of rotatable bonds is 0.